The van der Waals surface area contributed by atoms with E-state index in [1.165, 1.54) is 4.68 Å². The summed E-state index contributed by atoms with van der Waals surface area (Å²) in [4.78, 5) is 5.73. The van der Waals surface area contributed by atoms with E-state index >= 15 is 0 Å². The van der Waals surface area contributed by atoms with E-state index in [0.29, 0.717) is 11.6 Å². The molecule has 2 aromatic heterocycles. The van der Waals surface area contributed by atoms with Crippen molar-refractivity contribution < 1.29 is 8.42 Å². The van der Waals surface area contributed by atoms with Crippen LogP contribution in [0, 0.1) is 0 Å². The lowest BCUT2D eigenvalue weighted by Gasteiger charge is -2.09. The average Bonchev–Trinajstić information content (AvgIpc) is 2.68. The van der Waals surface area contributed by atoms with Crippen LogP contribution in [0.5, 0.6) is 0 Å². The van der Waals surface area contributed by atoms with Gasteiger partial charge in [0.25, 0.3) is 0 Å². The molecule has 0 aliphatic carbocycles. The van der Waals surface area contributed by atoms with Crippen molar-refractivity contribution >= 4 is 21.5 Å². The van der Waals surface area contributed by atoms with E-state index in [4.69, 9.17) is 5.73 Å². The third-order valence-corrected chi connectivity index (χ3v) is 3.65. The molecular formula is C11H15N5O2S. The first kappa shape index (κ1) is 13.3. The molecule has 0 amide bonds. The summed E-state index contributed by atoms with van der Waals surface area (Å²) in [5.41, 5.74) is 5.91. The Bertz CT molecular complexity index is 691. The Hall–Kier alpha value is -2.09. The van der Waals surface area contributed by atoms with E-state index in [2.05, 4.69) is 10.1 Å². The summed E-state index contributed by atoms with van der Waals surface area (Å²) in [7, 11) is -0.0590. The number of nitrogens with two attached hydrogens (primary N) is 1. The van der Waals surface area contributed by atoms with Crippen molar-refractivity contribution in [3.8, 4) is 5.82 Å². The highest BCUT2D eigenvalue weighted by molar-refractivity contribution is 7.91. The second-order valence-corrected chi connectivity index (χ2v) is 6.26. The summed E-state index contributed by atoms with van der Waals surface area (Å²) < 4.78 is 25.0. The largest absolute Gasteiger partial charge is 0.382 e. The monoisotopic (exact) mass is 281 g/mol. The summed E-state index contributed by atoms with van der Waals surface area (Å²) in [6.07, 6.45) is 2.70. The Morgan fingerprint density at radius 3 is 2.42 bits per heavy atom. The Labute approximate surface area is 111 Å². The van der Waals surface area contributed by atoms with E-state index in [0.717, 1.165) is 6.26 Å². The molecule has 0 fully saturated rings. The van der Waals surface area contributed by atoms with Crippen LogP contribution in [-0.2, 0) is 9.84 Å². The second kappa shape index (κ2) is 4.54. The number of pyridine rings is 1. The predicted molar refractivity (Wildman–Crippen MR) is 73.2 cm³/mol. The molecule has 0 saturated carbocycles. The van der Waals surface area contributed by atoms with Crippen LogP contribution in [0.1, 0.15) is 0 Å². The number of anilines is 2. The molecule has 0 saturated heterocycles. The van der Waals surface area contributed by atoms with Gasteiger partial charge in [-0.1, -0.05) is 6.07 Å². The molecule has 2 N–H and O–H groups in total. The second-order valence-electron chi connectivity index (χ2n) is 4.30. The van der Waals surface area contributed by atoms with Crippen molar-refractivity contribution in [2.75, 3.05) is 31.0 Å². The van der Waals surface area contributed by atoms with Gasteiger partial charge in [-0.2, -0.15) is 4.68 Å². The highest BCUT2D eigenvalue weighted by Crippen LogP contribution is 2.30. The highest BCUT2D eigenvalue weighted by Gasteiger charge is 2.26. The zero-order valence-corrected chi connectivity index (χ0v) is 11.7. The van der Waals surface area contributed by atoms with Crippen molar-refractivity contribution in [3.63, 3.8) is 0 Å². The van der Waals surface area contributed by atoms with Crippen molar-refractivity contribution in [1.82, 2.24) is 14.8 Å². The highest BCUT2D eigenvalue weighted by atomic mass is 32.2. The molecule has 0 spiro atoms. The number of hydrogen-bond acceptors (Lipinski definition) is 6. The topological polar surface area (TPSA) is 94.1 Å². The number of sulfone groups is 1. The van der Waals surface area contributed by atoms with Crippen molar-refractivity contribution in [2.45, 2.75) is 4.90 Å². The Morgan fingerprint density at radius 1 is 1.32 bits per heavy atom. The minimum absolute atomic E-state index is 0.0168. The molecule has 7 nitrogen and oxygen atoms in total. The molecule has 0 aliphatic rings. The summed E-state index contributed by atoms with van der Waals surface area (Å²) >= 11 is 0. The Kier molecular flexibility index (Phi) is 3.19. The van der Waals surface area contributed by atoms with Gasteiger partial charge in [-0.15, -0.1) is 5.10 Å². The first-order valence-corrected chi connectivity index (χ1v) is 7.39. The standard InChI is InChI=1S/C11H15N5O2S/c1-15(2)11-9(19(3,17)18)10(12)16(14-11)8-6-4-5-7-13-8/h4-7H,12H2,1-3H3. The van der Waals surface area contributed by atoms with E-state index in [1.807, 2.05) is 0 Å². The maximum absolute atomic E-state index is 11.8. The van der Waals surface area contributed by atoms with Crippen LogP contribution < -0.4 is 10.6 Å². The maximum atomic E-state index is 11.8. The van der Waals surface area contributed by atoms with Crippen molar-refractivity contribution in [3.05, 3.63) is 24.4 Å². The van der Waals surface area contributed by atoms with Crippen LogP contribution in [0.15, 0.2) is 29.3 Å². The quantitative estimate of drug-likeness (QED) is 0.870. The maximum Gasteiger partial charge on any atom is 0.182 e. The Balaban J connectivity index is 2.74. The van der Waals surface area contributed by atoms with Crippen molar-refractivity contribution in [2.24, 2.45) is 0 Å². The number of aromatic nitrogens is 3. The van der Waals surface area contributed by atoms with E-state index in [9.17, 15) is 8.42 Å². The molecule has 0 atom stereocenters. The zero-order chi connectivity index (χ0) is 14.2. The lowest BCUT2D eigenvalue weighted by atomic mass is 10.4. The SMILES string of the molecule is CN(C)c1nn(-c2ccccn2)c(N)c1S(C)(=O)=O. The van der Waals surface area contributed by atoms with Gasteiger partial charge in [-0.05, 0) is 12.1 Å². The van der Waals surface area contributed by atoms with Gasteiger partial charge in [0.1, 0.15) is 5.82 Å². The third kappa shape index (κ3) is 2.39. The minimum atomic E-state index is -3.47. The van der Waals surface area contributed by atoms with Gasteiger partial charge < -0.3 is 10.6 Å². The average molecular weight is 281 g/mol. The molecule has 2 aromatic rings. The fourth-order valence-electron chi connectivity index (χ4n) is 1.71. The fourth-order valence-corrected chi connectivity index (χ4v) is 2.73. The molecular weight excluding hydrogens is 266 g/mol. The van der Waals surface area contributed by atoms with Gasteiger partial charge in [-0.3, -0.25) is 0 Å². The summed E-state index contributed by atoms with van der Waals surface area (Å²) in [6, 6.07) is 5.24. The molecule has 0 unspecified atom stereocenters. The number of rotatable bonds is 3. The first-order chi connectivity index (χ1) is 8.82. The molecule has 19 heavy (non-hydrogen) atoms. The van der Waals surface area contributed by atoms with Crippen LogP contribution in [0.25, 0.3) is 5.82 Å². The third-order valence-electron chi connectivity index (χ3n) is 2.52. The summed E-state index contributed by atoms with van der Waals surface area (Å²) in [5, 5.41) is 4.22. The van der Waals surface area contributed by atoms with Crippen molar-refractivity contribution in [1.29, 1.82) is 0 Å². The molecule has 2 rings (SSSR count). The predicted octanol–water partition coefficient (Wildman–Crippen LogP) is 0.319. The summed E-state index contributed by atoms with van der Waals surface area (Å²) in [6.45, 7) is 0. The van der Waals surface area contributed by atoms with Gasteiger partial charge in [0.15, 0.2) is 26.4 Å². The molecule has 0 aliphatic heterocycles. The number of nitrogens with zero attached hydrogens (tertiary/aromatic N) is 4. The van der Waals surface area contributed by atoms with Crippen LogP contribution in [-0.4, -0.2) is 43.5 Å². The van der Waals surface area contributed by atoms with Gasteiger partial charge >= 0.3 is 0 Å². The normalized spacial score (nSPS) is 11.5. The molecule has 0 bridgehead atoms. The smallest absolute Gasteiger partial charge is 0.182 e. The number of nitrogen functional groups attached to an aromatic ring is 1. The van der Waals surface area contributed by atoms with E-state index in [-0.39, 0.29) is 10.7 Å². The molecule has 8 heteroatoms. The lowest BCUT2D eigenvalue weighted by Crippen LogP contribution is -2.13. The molecule has 2 heterocycles. The van der Waals surface area contributed by atoms with E-state index in [1.54, 1.807) is 43.4 Å². The zero-order valence-electron chi connectivity index (χ0n) is 10.9. The lowest BCUT2D eigenvalue weighted by molar-refractivity contribution is 0.602. The van der Waals surface area contributed by atoms with Crippen LogP contribution in [0.4, 0.5) is 11.6 Å². The van der Waals surface area contributed by atoms with Gasteiger partial charge in [0.2, 0.25) is 0 Å². The molecule has 0 aromatic carbocycles. The summed E-state index contributed by atoms with van der Waals surface area (Å²) in [5.74, 6) is 0.827. The minimum Gasteiger partial charge on any atom is -0.382 e. The van der Waals surface area contributed by atoms with Gasteiger partial charge in [0, 0.05) is 26.5 Å². The van der Waals surface area contributed by atoms with E-state index < -0.39 is 9.84 Å². The molecule has 102 valence electrons. The molecule has 0 radical (unpaired) electrons. The van der Waals surface area contributed by atoms with Crippen LogP contribution in [0.2, 0.25) is 0 Å². The fraction of sp³-hybridized carbons (Fsp3) is 0.273. The first-order valence-electron chi connectivity index (χ1n) is 5.49. The van der Waals surface area contributed by atoms with Crippen LogP contribution >= 0.6 is 0 Å². The Morgan fingerprint density at radius 2 is 2.00 bits per heavy atom. The van der Waals surface area contributed by atoms with Gasteiger partial charge in [0.05, 0.1) is 0 Å². The van der Waals surface area contributed by atoms with Crippen LogP contribution in [0.3, 0.4) is 0 Å². The van der Waals surface area contributed by atoms with Gasteiger partial charge in [-0.25, -0.2) is 13.4 Å². The number of hydrogen-bond donors (Lipinski definition) is 1.